The third-order valence-corrected chi connectivity index (χ3v) is 4.81. The highest BCUT2D eigenvalue weighted by molar-refractivity contribution is 7.99. The molecule has 2 aromatic rings. The van der Waals surface area contributed by atoms with Crippen molar-refractivity contribution in [2.75, 3.05) is 31.8 Å². The molecule has 0 spiro atoms. The van der Waals surface area contributed by atoms with E-state index in [0.717, 1.165) is 0 Å². The number of methoxy groups -OCH3 is 1. The van der Waals surface area contributed by atoms with Crippen molar-refractivity contribution in [1.29, 1.82) is 0 Å². The van der Waals surface area contributed by atoms with Crippen LogP contribution in [-0.4, -0.2) is 79.2 Å². The molecule has 2 aromatic heterocycles. The predicted octanol–water partition coefficient (Wildman–Crippen LogP) is -1.95. The molecule has 0 aromatic carbocycles. The van der Waals surface area contributed by atoms with Crippen molar-refractivity contribution in [3.63, 3.8) is 0 Å². The van der Waals surface area contributed by atoms with Crippen molar-refractivity contribution in [2.24, 2.45) is 0 Å². The van der Waals surface area contributed by atoms with Crippen molar-refractivity contribution in [3.8, 4) is 0 Å². The Bertz CT molecular complexity index is 810. The third-order valence-electron chi connectivity index (χ3n) is 3.88. The minimum absolute atomic E-state index is 0.0510. The Hall–Kier alpha value is -1.70. The van der Waals surface area contributed by atoms with Crippen molar-refractivity contribution in [2.45, 2.75) is 29.7 Å². The smallest absolute Gasteiger partial charge is 0.280 e. The van der Waals surface area contributed by atoms with Crippen LogP contribution in [0.3, 0.4) is 0 Å². The first-order valence-electron chi connectivity index (χ1n) is 7.50. The minimum atomic E-state index is -1.08. The largest absolute Gasteiger partial charge is 0.396 e. The summed E-state index contributed by atoms with van der Waals surface area (Å²) in [6.45, 7) is -0.500. The van der Waals surface area contributed by atoms with Gasteiger partial charge in [-0.3, -0.25) is 14.3 Å². The lowest BCUT2D eigenvalue weighted by atomic mass is 10.1. The number of aromatic nitrogens is 4. The predicted molar refractivity (Wildman–Crippen MR) is 88.2 cm³/mol. The molecule has 11 nitrogen and oxygen atoms in total. The summed E-state index contributed by atoms with van der Waals surface area (Å²) >= 11 is 1.19. The monoisotopic (exact) mass is 373 g/mol. The van der Waals surface area contributed by atoms with Gasteiger partial charge in [0.15, 0.2) is 22.5 Å². The van der Waals surface area contributed by atoms with Crippen LogP contribution in [0.15, 0.2) is 9.95 Å². The molecule has 1 fully saturated rings. The molecule has 3 rings (SSSR count). The summed E-state index contributed by atoms with van der Waals surface area (Å²) < 4.78 is 12.5. The first-order valence-corrected chi connectivity index (χ1v) is 8.49. The van der Waals surface area contributed by atoms with Crippen LogP contribution in [0, 0.1) is 0 Å². The molecule has 0 amide bonds. The Morgan fingerprint density at radius 2 is 2.20 bits per heavy atom. The van der Waals surface area contributed by atoms with E-state index in [4.69, 9.17) is 20.3 Å². The standard InChI is InChI=1S/C13H19N5O6S/c1-23-8-7(21)5(4-20)24-11(8)18-9-6(10(22)17-12(14)16-9)15-13(18)25-3-2-19/h5,7-8,11,19-21H,2-4H2,1H3,(H3,14,16,17,22)/t5-,7-,8-,11-/m1/s1. The van der Waals surface area contributed by atoms with Gasteiger partial charge in [0.2, 0.25) is 5.95 Å². The summed E-state index contributed by atoms with van der Waals surface area (Å²) in [5, 5.41) is 29.1. The average Bonchev–Trinajstić information content (AvgIpc) is 3.09. The zero-order valence-corrected chi connectivity index (χ0v) is 14.1. The Balaban J connectivity index is 2.17. The maximum absolute atomic E-state index is 12.1. The normalized spacial score (nSPS) is 26.6. The van der Waals surface area contributed by atoms with Gasteiger partial charge in [-0.25, -0.2) is 4.98 Å². The van der Waals surface area contributed by atoms with Crippen molar-refractivity contribution in [3.05, 3.63) is 10.4 Å². The topological polar surface area (TPSA) is 169 Å². The summed E-state index contributed by atoms with van der Waals surface area (Å²) in [7, 11) is 1.40. The Labute approximate surface area is 145 Å². The van der Waals surface area contributed by atoms with Gasteiger partial charge in [-0.05, 0) is 0 Å². The Kier molecular flexibility index (Phi) is 5.27. The van der Waals surface area contributed by atoms with Gasteiger partial charge in [0, 0.05) is 12.9 Å². The number of hydrogen-bond donors (Lipinski definition) is 5. The van der Waals surface area contributed by atoms with Crippen molar-refractivity contribution < 1.29 is 24.8 Å². The quantitative estimate of drug-likeness (QED) is 0.359. The van der Waals surface area contributed by atoms with Crippen LogP contribution in [0.2, 0.25) is 0 Å². The van der Waals surface area contributed by atoms with E-state index in [1.165, 1.54) is 23.4 Å². The van der Waals surface area contributed by atoms with E-state index in [-0.39, 0.29) is 23.7 Å². The fraction of sp³-hybridized carbons (Fsp3) is 0.615. The molecule has 0 bridgehead atoms. The highest BCUT2D eigenvalue weighted by Gasteiger charge is 2.46. The number of nitrogens with one attached hydrogen (secondary N) is 1. The molecule has 25 heavy (non-hydrogen) atoms. The number of anilines is 1. The lowest BCUT2D eigenvalue weighted by Crippen LogP contribution is -2.34. The third kappa shape index (κ3) is 3.12. The van der Waals surface area contributed by atoms with Crippen LogP contribution in [0.4, 0.5) is 5.95 Å². The van der Waals surface area contributed by atoms with Gasteiger partial charge in [0.25, 0.3) is 5.56 Å². The van der Waals surface area contributed by atoms with Gasteiger partial charge in [-0.1, -0.05) is 11.8 Å². The van der Waals surface area contributed by atoms with Crippen LogP contribution in [0.5, 0.6) is 0 Å². The summed E-state index contributed by atoms with van der Waals surface area (Å²) in [6, 6.07) is 0. The molecular formula is C13H19N5O6S. The van der Waals surface area contributed by atoms with Gasteiger partial charge in [0.1, 0.15) is 18.3 Å². The van der Waals surface area contributed by atoms with Gasteiger partial charge < -0.3 is 30.5 Å². The SMILES string of the molecule is CO[C@@H]1[C@H](O)[C@@H](CO)O[C@H]1n1c(SCCO)nc2c(=O)[nH]c(N)nc21. The van der Waals surface area contributed by atoms with Gasteiger partial charge in [-0.15, -0.1) is 0 Å². The number of H-pyrrole nitrogens is 1. The lowest BCUT2D eigenvalue weighted by molar-refractivity contribution is -0.0623. The molecule has 4 atom stereocenters. The highest BCUT2D eigenvalue weighted by Crippen LogP contribution is 2.36. The second kappa shape index (κ2) is 7.27. The molecule has 1 aliphatic heterocycles. The zero-order chi connectivity index (χ0) is 18.1. The first kappa shape index (κ1) is 18.1. The van der Waals surface area contributed by atoms with Gasteiger partial charge in [-0.2, -0.15) is 4.98 Å². The number of thioether (sulfide) groups is 1. The number of rotatable bonds is 6. The number of aliphatic hydroxyl groups excluding tert-OH is 3. The molecule has 0 unspecified atom stereocenters. The Morgan fingerprint density at radius 3 is 2.84 bits per heavy atom. The maximum Gasteiger partial charge on any atom is 0.280 e. The molecule has 138 valence electrons. The fourth-order valence-electron chi connectivity index (χ4n) is 2.78. The van der Waals surface area contributed by atoms with Crippen molar-refractivity contribution in [1.82, 2.24) is 19.5 Å². The number of imidazole rings is 1. The van der Waals surface area contributed by atoms with E-state index in [2.05, 4.69) is 15.0 Å². The molecular weight excluding hydrogens is 354 g/mol. The summed E-state index contributed by atoms with van der Waals surface area (Å²) in [6.07, 6.45) is -3.63. The number of aromatic amines is 1. The lowest BCUT2D eigenvalue weighted by Gasteiger charge is -2.21. The van der Waals surface area contributed by atoms with Gasteiger partial charge in [0.05, 0.1) is 13.2 Å². The molecule has 3 heterocycles. The minimum Gasteiger partial charge on any atom is -0.396 e. The summed E-state index contributed by atoms with van der Waals surface area (Å²) in [4.78, 5) is 22.9. The second-order valence-electron chi connectivity index (χ2n) is 5.40. The molecule has 1 aliphatic rings. The van der Waals surface area contributed by atoms with E-state index < -0.39 is 36.7 Å². The Morgan fingerprint density at radius 1 is 1.44 bits per heavy atom. The molecule has 0 saturated carbocycles. The van der Waals surface area contributed by atoms with E-state index >= 15 is 0 Å². The summed E-state index contributed by atoms with van der Waals surface area (Å²) in [5.74, 6) is 0.233. The van der Waals surface area contributed by atoms with Crippen LogP contribution in [-0.2, 0) is 9.47 Å². The number of aliphatic hydroxyl groups is 3. The number of fused-ring (bicyclic) bond motifs is 1. The fourth-order valence-corrected chi connectivity index (χ4v) is 3.54. The average molecular weight is 373 g/mol. The number of nitrogen functional groups attached to an aromatic ring is 1. The van der Waals surface area contributed by atoms with E-state index in [9.17, 15) is 15.0 Å². The van der Waals surface area contributed by atoms with E-state index in [1.807, 2.05) is 0 Å². The number of nitrogens with zero attached hydrogens (tertiary/aromatic N) is 3. The maximum atomic E-state index is 12.1. The molecule has 1 saturated heterocycles. The van der Waals surface area contributed by atoms with Crippen molar-refractivity contribution >= 4 is 28.9 Å². The zero-order valence-electron chi connectivity index (χ0n) is 13.3. The highest BCUT2D eigenvalue weighted by atomic mass is 32.2. The van der Waals surface area contributed by atoms with Gasteiger partial charge >= 0.3 is 0 Å². The number of hydrogen-bond acceptors (Lipinski definition) is 10. The first-order chi connectivity index (χ1) is 12.0. The molecule has 0 aliphatic carbocycles. The molecule has 12 heteroatoms. The number of ether oxygens (including phenoxy) is 2. The van der Waals surface area contributed by atoms with Crippen LogP contribution in [0.25, 0.3) is 11.2 Å². The number of nitrogens with two attached hydrogens (primary N) is 1. The van der Waals surface area contributed by atoms with Crippen LogP contribution in [0.1, 0.15) is 6.23 Å². The summed E-state index contributed by atoms with van der Waals surface area (Å²) in [5.41, 5.74) is 5.34. The second-order valence-corrected chi connectivity index (χ2v) is 6.46. The van der Waals surface area contributed by atoms with E-state index in [0.29, 0.717) is 10.9 Å². The van der Waals surface area contributed by atoms with Crippen LogP contribution < -0.4 is 11.3 Å². The molecule has 6 N–H and O–H groups in total. The van der Waals surface area contributed by atoms with Crippen LogP contribution >= 0.6 is 11.8 Å². The van der Waals surface area contributed by atoms with E-state index in [1.54, 1.807) is 0 Å². The molecule has 0 radical (unpaired) electrons.